The van der Waals surface area contributed by atoms with Crippen molar-refractivity contribution in [3.05, 3.63) is 70.3 Å². The van der Waals surface area contributed by atoms with Crippen LogP contribution in [0.2, 0.25) is 0 Å². The van der Waals surface area contributed by atoms with Gasteiger partial charge in [0.2, 0.25) is 5.95 Å². The van der Waals surface area contributed by atoms with Crippen molar-refractivity contribution in [1.82, 2.24) is 9.97 Å². The number of anilines is 4. The van der Waals surface area contributed by atoms with E-state index in [1.165, 1.54) is 5.56 Å². The van der Waals surface area contributed by atoms with Gasteiger partial charge in [0, 0.05) is 27.6 Å². The van der Waals surface area contributed by atoms with Gasteiger partial charge in [-0.05, 0) is 43.7 Å². The minimum absolute atomic E-state index is 0.574. The Labute approximate surface area is 144 Å². The predicted molar refractivity (Wildman–Crippen MR) is 98.7 cm³/mol. The Hall–Kier alpha value is -2.40. The first kappa shape index (κ1) is 15.5. The lowest BCUT2D eigenvalue weighted by Gasteiger charge is -2.11. The summed E-state index contributed by atoms with van der Waals surface area (Å²) in [7, 11) is 0. The fourth-order valence-corrected chi connectivity index (χ4v) is 2.54. The fraction of sp³-hybridized carbons (Fsp3) is 0.111. The minimum Gasteiger partial charge on any atom is -0.340 e. The van der Waals surface area contributed by atoms with Crippen molar-refractivity contribution < 1.29 is 0 Å². The van der Waals surface area contributed by atoms with E-state index in [1.807, 2.05) is 55.5 Å². The summed E-state index contributed by atoms with van der Waals surface area (Å²) in [5, 5.41) is 6.54. The molecule has 1 heterocycles. The van der Waals surface area contributed by atoms with E-state index in [9.17, 15) is 0 Å². The molecule has 0 unspecified atom stereocenters. The van der Waals surface area contributed by atoms with E-state index in [-0.39, 0.29) is 0 Å². The van der Waals surface area contributed by atoms with E-state index < -0.39 is 0 Å². The summed E-state index contributed by atoms with van der Waals surface area (Å²) in [4.78, 5) is 8.96. The molecule has 0 saturated carbocycles. The highest BCUT2D eigenvalue weighted by molar-refractivity contribution is 9.10. The molecule has 0 radical (unpaired) electrons. The normalized spacial score (nSPS) is 10.4. The zero-order valence-electron chi connectivity index (χ0n) is 13.0. The molecule has 0 bridgehead atoms. The highest BCUT2D eigenvalue weighted by Crippen LogP contribution is 2.24. The molecule has 2 N–H and O–H groups in total. The summed E-state index contributed by atoms with van der Waals surface area (Å²) in [6.07, 6.45) is 0. The average molecular weight is 369 g/mol. The van der Waals surface area contributed by atoms with Gasteiger partial charge in [-0.1, -0.05) is 40.2 Å². The molecule has 5 heteroatoms. The van der Waals surface area contributed by atoms with Crippen molar-refractivity contribution in [3.63, 3.8) is 0 Å². The van der Waals surface area contributed by atoms with Crippen LogP contribution < -0.4 is 10.6 Å². The molecule has 0 amide bonds. The van der Waals surface area contributed by atoms with Gasteiger partial charge in [0.25, 0.3) is 0 Å². The topological polar surface area (TPSA) is 49.8 Å². The summed E-state index contributed by atoms with van der Waals surface area (Å²) in [6.45, 7) is 4.01. The van der Waals surface area contributed by atoms with Gasteiger partial charge in [-0.25, -0.2) is 4.98 Å². The quantitative estimate of drug-likeness (QED) is 0.652. The lowest BCUT2D eigenvalue weighted by Crippen LogP contribution is -2.02. The van der Waals surface area contributed by atoms with Crippen LogP contribution in [0.1, 0.15) is 11.3 Å². The largest absolute Gasteiger partial charge is 0.340 e. The van der Waals surface area contributed by atoms with Crippen LogP contribution in [0.15, 0.2) is 59.1 Å². The summed E-state index contributed by atoms with van der Waals surface area (Å²) in [5.41, 5.74) is 4.03. The number of aryl methyl sites for hydroxylation is 2. The van der Waals surface area contributed by atoms with E-state index in [4.69, 9.17) is 0 Å². The third-order valence-electron chi connectivity index (χ3n) is 3.33. The number of para-hydroxylation sites is 1. The molecule has 3 rings (SSSR count). The summed E-state index contributed by atoms with van der Waals surface area (Å²) < 4.78 is 1.07. The molecule has 116 valence electrons. The molecule has 0 saturated heterocycles. The van der Waals surface area contributed by atoms with Gasteiger partial charge in [0.15, 0.2) is 0 Å². The van der Waals surface area contributed by atoms with Crippen LogP contribution in [0.3, 0.4) is 0 Å². The van der Waals surface area contributed by atoms with Crippen molar-refractivity contribution >= 4 is 39.1 Å². The van der Waals surface area contributed by atoms with E-state index in [2.05, 4.69) is 49.5 Å². The Morgan fingerprint density at radius 2 is 1.61 bits per heavy atom. The first-order chi connectivity index (χ1) is 11.1. The second-order valence-corrected chi connectivity index (χ2v) is 6.15. The lowest BCUT2D eigenvalue weighted by atomic mass is 10.2. The average Bonchev–Trinajstić information content (AvgIpc) is 2.51. The number of hydrogen-bond donors (Lipinski definition) is 2. The summed E-state index contributed by atoms with van der Waals surface area (Å²) >= 11 is 3.55. The number of nitrogens with one attached hydrogen (secondary N) is 2. The number of benzene rings is 2. The SMILES string of the molecule is Cc1cc(Nc2ccc(C)c(Br)c2)nc(Nc2ccccc2)n1. The van der Waals surface area contributed by atoms with Crippen LogP contribution in [0, 0.1) is 13.8 Å². The molecule has 0 aliphatic heterocycles. The minimum atomic E-state index is 0.574. The molecule has 0 atom stereocenters. The lowest BCUT2D eigenvalue weighted by molar-refractivity contribution is 1.11. The molecule has 3 aromatic rings. The molecule has 23 heavy (non-hydrogen) atoms. The third kappa shape index (κ3) is 4.07. The van der Waals surface area contributed by atoms with Crippen LogP contribution in [0.4, 0.5) is 23.1 Å². The van der Waals surface area contributed by atoms with E-state index >= 15 is 0 Å². The zero-order chi connectivity index (χ0) is 16.2. The van der Waals surface area contributed by atoms with Gasteiger partial charge in [0.05, 0.1) is 0 Å². The summed E-state index contributed by atoms with van der Waals surface area (Å²) in [6, 6.07) is 17.9. The monoisotopic (exact) mass is 368 g/mol. The van der Waals surface area contributed by atoms with Crippen LogP contribution in [0.5, 0.6) is 0 Å². The van der Waals surface area contributed by atoms with Crippen LogP contribution in [0.25, 0.3) is 0 Å². The van der Waals surface area contributed by atoms with Gasteiger partial charge in [-0.2, -0.15) is 4.98 Å². The standard InChI is InChI=1S/C18H17BrN4/c1-12-8-9-15(11-16(12)19)21-17-10-13(2)20-18(23-17)22-14-6-4-3-5-7-14/h3-11H,1-2H3,(H2,20,21,22,23). The Balaban J connectivity index is 1.83. The van der Waals surface area contributed by atoms with Gasteiger partial charge >= 0.3 is 0 Å². The van der Waals surface area contributed by atoms with Gasteiger partial charge in [0.1, 0.15) is 5.82 Å². The number of rotatable bonds is 4. The van der Waals surface area contributed by atoms with E-state index in [1.54, 1.807) is 0 Å². The zero-order valence-corrected chi connectivity index (χ0v) is 14.6. The highest BCUT2D eigenvalue weighted by Gasteiger charge is 2.04. The smallest absolute Gasteiger partial charge is 0.229 e. The molecule has 1 aromatic heterocycles. The van der Waals surface area contributed by atoms with Crippen LogP contribution in [-0.4, -0.2) is 9.97 Å². The van der Waals surface area contributed by atoms with E-state index in [0.29, 0.717) is 5.95 Å². The van der Waals surface area contributed by atoms with Crippen LogP contribution >= 0.6 is 15.9 Å². The van der Waals surface area contributed by atoms with Crippen molar-refractivity contribution in [2.45, 2.75) is 13.8 Å². The second-order valence-electron chi connectivity index (χ2n) is 5.30. The maximum Gasteiger partial charge on any atom is 0.229 e. The van der Waals surface area contributed by atoms with E-state index in [0.717, 1.165) is 27.4 Å². The Kier molecular flexibility index (Phi) is 4.57. The molecular formula is C18H17BrN4. The molecular weight excluding hydrogens is 352 g/mol. The third-order valence-corrected chi connectivity index (χ3v) is 4.18. The van der Waals surface area contributed by atoms with Gasteiger partial charge in [-0.3, -0.25) is 0 Å². The molecule has 2 aromatic carbocycles. The predicted octanol–water partition coefficient (Wildman–Crippen LogP) is 5.34. The van der Waals surface area contributed by atoms with Crippen molar-refractivity contribution in [3.8, 4) is 0 Å². The van der Waals surface area contributed by atoms with Gasteiger partial charge in [-0.15, -0.1) is 0 Å². The first-order valence-corrected chi connectivity index (χ1v) is 8.10. The maximum atomic E-state index is 4.53. The molecule has 0 aliphatic carbocycles. The van der Waals surface area contributed by atoms with Crippen molar-refractivity contribution in [1.29, 1.82) is 0 Å². The number of hydrogen-bond acceptors (Lipinski definition) is 4. The Bertz CT molecular complexity index is 819. The number of nitrogens with zero attached hydrogens (tertiary/aromatic N) is 2. The van der Waals surface area contributed by atoms with Crippen molar-refractivity contribution in [2.75, 3.05) is 10.6 Å². The second kappa shape index (κ2) is 6.79. The number of aromatic nitrogens is 2. The maximum absolute atomic E-state index is 4.53. The molecule has 0 aliphatic rings. The highest BCUT2D eigenvalue weighted by atomic mass is 79.9. The number of halogens is 1. The van der Waals surface area contributed by atoms with Crippen molar-refractivity contribution in [2.24, 2.45) is 0 Å². The molecule has 0 fully saturated rings. The molecule has 4 nitrogen and oxygen atoms in total. The fourth-order valence-electron chi connectivity index (χ4n) is 2.16. The summed E-state index contributed by atoms with van der Waals surface area (Å²) in [5.74, 6) is 1.33. The molecule has 0 spiro atoms. The Morgan fingerprint density at radius 3 is 2.35 bits per heavy atom. The first-order valence-electron chi connectivity index (χ1n) is 7.31. The Morgan fingerprint density at radius 1 is 0.826 bits per heavy atom. The van der Waals surface area contributed by atoms with Crippen LogP contribution in [-0.2, 0) is 0 Å². The van der Waals surface area contributed by atoms with Gasteiger partial charge < -0.3 is 10.6 Å².